The first-order valence-corrected chi connectivity index (χ1v) is 10.2. The minimum absolute atomic E-state index is 0.153. The van der Waals surface area contributed by atoms with E-state index in [1.165, 1.54) is 4.88 Å². The smallest absolute Gasteiger partial charge is 0.263 e. The predicted octanol–water partition coefficient (Wildman–Crippen LogP) is 3.78. The van der Waals surface area contributed by atoms with Gasteiger partial charge in [0, 0.05) is 41.7 Å². The van der Waals surface area contributed by atoms with Crippen LogP contribution in [-0.2, 0) is 6.54 Å². The number of thiazole rings is 1. The molecule has 0 aliphatic carbocycles. The number of aryl methyl sites for hydroxylation is 1. The second-order valence-electron chi connectivity index (χ2n) is 6.39. The number of imidazole rings is 1. The highest BCUT2D eigenvalue weighted by atomic mass is 32.1. The lowest BCUT2D eigenvalue weighted by Gasteiger charge is -2.32. The minimum Gasteiger partial charge on any atom is -0.337 e. The third-order valence-electron chi connectivity index (χ3n) is 4.59. The van der Waals surface area contributed by atoms with E-state index in [9.17, 15) is 4.79 Å². The SMILES string of the molecule is Cc1ccc(C(=O)N2CCC[C@@H](c3nccn3Cc3cscn3)C2)s1. The van der Waals surface area contributed by atoms with Crippen molar-refractivity contribution >= 4 is 28.6 Å². The van der Waals surface area contributed by atoms with Crippen LogP contribution in [0.4, 0.5) is 0 Å². The van der Waals surface area contributed by atoms with Gasteiger partial charge in [-0.1, -0.05) is 0 Å². The topological polar surface area (TPSA) is 51.0 Å². The second-order valence-corrected chi connectivity index (χ2v) is 8.40. The van der Waals surface area contributed by atoms with E-state index in [0.717, 1.165) is 48.9 Å². The normalized spacial score (nSPS) is 17.8. The van der Waals surface area contributed by atoms with Crippen LogP contribution >= 0.6 is 22.7 Å². The first kappa shape index (κ1) is 16.5. The van der Waals surface area contributed by atoms with Crippen molar-refractivity contribution < 1.29 is 4.79 Å². The highest BCUT2D eigenvalue weighted by Gasteiger charge is 2.28. The monoisotopic (exact) mass is 372 g/mol. The summed E-state index contributed by atoms with van der Waals surface area (Å²) in [5.41, 5.74) is 2.91. The van der Waals surface area contributed by atoms with Crippen LogP contribution < -0.4 is 0 Å². The Kier molecular flexibility index (Phi) is 4.67. The maximum Gasteiger partial charge on any atom is 0.263 e. The van der Waals surface area contributed by atoms with E-state index in [1.54, 1.807) is 22.7 Å². The fraction of sp³-hybridized carbons (Fsp3) is 0.389. The average molecular weight is 373 g/mol. The van der Waals surface area contributed by atoms with Crippen LogP contribution in [0.15, 0.2) is 35.4 Å². The number of thiophene rings is 1. The number of rotatable bonds is 4. The molecule has 4 rings (SSSR count). The van der Waals surface area contributed by atoms with E-state index < -0.39 is 0 Å². The zero-order valence-electron chi connectivity index (χ0n) is 14.1. The number of likely N-dealkylation sites (tertiary alicyclic amines) is 1. The predicted molar refractivity (Wildman–Crippen MR) is 100 cm³/mol. The number of nitrogens with zero attached hydrogens (tertiary/aromatic N) is 4. The van der Waals surface area contributed by atoms with Gasteiger partial charge in [-0.05, 0) is 31.9 Å². The molecule has 0 bridgehead atoms. The van der Waals surface area contributed by atoms with Gasteiger partial charge < -0.3 is 9.47 Å². The fourth-order valence-corrected chi connectivity index (χ4v) is 4.77. The average Bonchev–Trinajstić information content (AvgIpc) is 3.37. The lowest BCUT2D eigenvalue weighted by molar-refractivity contribution is 0.0708. The Bertz CT molecular complexity index is 852. The van der Waals surface area contributed by atoms with Crippen LogP contribution in [0.25, 0.3) is 0 Å². The standard InChI is InChI=1S/C18H20N4OS2/c1-13-4-5-16(25-13)18(23)22-7-2-3-14(9-22)17-19-6-8-21(17)10-15-11-24-12-20-15/h4-6,8,11-12,14H,2-3,7,9-10H2,1H3/t14-/m1/s1. The first-order chi connectivity index (χ1) is 12.2. The summed E-state index contributed by atoms with van der Waals surface area (Å²) in [6.07, 6.45) is 5.95. The fourth-order valence-electron chi connectivity index (χ4n) is 3.38. The molecule has 25 heavy (non-hydrogen) atoms. The van der Waals surface area contributed by atoms with Crippen molar-refractivity contribution in [3.05, 3.63) is 56.7 Å². The van der Waals surface area contributed by atoms with Gasteiger partial charge in [0.05, 0.1) is 22.6 Å². The van der Waals surface area contributed by atoms with Crippen molar-refractivity contribution in [1.82, 2.24) is 19.4 Å². The Morgan fingerprint density at radius 2 is 2.28 bits per heavy atom. The van der Waals surface area contributed by atoms with Crippen molar-refractivity contribution in [3.8, 4) is 0 Å². The summed E-state index contributed by atoms with van der Waals surface area (Å²) in [7, 11) is 0. The van der Waals surface area contributed by atoms with Gasteiger partial charge in [-0.3, -0.25) is 4.79 Å². The number of hydrogen-bond donors (Lipinski definition) is 0. The maximum absolute atomic E-state index is 12.8. The van der Waals surface area contributed by atoms with Crippen LogP contribution in [0.1, 0.15) is 44.8 Å². The Balaban J connectivity index is 1.50. The van der Waals surface area contributed by atoms with Crippen molar-refractivity contribution in [3.63, 3.8) is 0 Å². The molecule has 1 aliphatic rings. The third kappa shape index (κ3) is 3.52. The molecule has 7 heteroatoms. The third-order valence-corrected chi connectivity index (χ3v) is 6.21. The molecule has 1 fully saturated rings. The zero-order valence-corrected chi connectivity index (χ0v) is 15.7. The number of amides is 1. The molecule has 5 nitrogen and oxygen atoms in total. The van der Waals surface area contributed by atoms with Crippen LogP contribution in [0.3, 0.4) is 0 Å². The van der Waals surface area contributed by atoms with Crippen LogP contribution in [0, 0.1) is 6.92 Å². The lowest BCUT2D eigenvalue weighted by atomic mass is 9.97. The van der Waals surface area contributed by atoms with Crippen molar-refractivity contribution in [2.24, 2.45) is 0 Å². The summed E-state index contributed by atoms with van der Waals surface area (Å²) in [4.78, 5) is 25.7. The largest absolute Gasteiger partial charge is 0.337 e. The van der Waals surface area contributed by atoms with E-state index in [2.05, 4.69) is 19.9 Å². The number of carbonyl (C=O) groups excluding carboxylic acids is 1. The molecule has 1 saturated heterocycles. The Labute approximate surface area is 155 Å². The summed E-state index contributed by atoms with van der Waals surface area (Å²) < 4.78 is 2.17. The Morgan fingerprint density at radius 1 is 1.36 bits per heavy atom. The summed E-state index contributed by atoms with van der Waals surface area (Å²) >= 11 is 3.19. The van der Waals surface area contributed by atoms with Gasteiger partial charge in [0.25, 0.3) is 5.91 Å². The molecule has 0 radical (unpaired) electrons. The molecule has 3 aromatic heterocycles. The number of aromatic nitrogens is 3. The van der Waals surface area contributed by atoms with E-state index in [0.29, 0.717) is 0 Å². The van der Waals surface area contributed by atoms with E-state index >= 15 is 0 Å². The minimum atomic E-state index is 0.153. The molecule has 130 valence electrons. The quantitative estimate of drug-likeness (QED) is 0.700. The number of piperidine rings is 1. The zero-order chi connectivity index (χ0) is 17.2. The Hall–Kier alpha value is -1.99. The first-order valence-electron chi connectivity index (χ1n) is 8.44. The van der Waals surface area contributed by atoms with Gasteiger partial charge in [-0.15, -0.1) is 22.7 Å². The molecule has 4 heterocycles. The molecule has 1 amide bonds. The van der Waals surface area contributed by atoms with Gasteiger partial charge in [-0.25, -0.2) is 9.97 Å². The van der Waals surface area contributed by atoms with E-state index in [1.807, 2.05) is 41.9 Å². The van der Waals surface area contributed by atoms with Gasteiger partial charge in [0.2, 0.25) is 0 Å². The molecule has 1 atom stereocenters. The van der Waals surface area contributed by atoms with Crippen molar-refractivity contribution in [2.75, 3.05) is 13.1 Å². The van der Waals surface area contributed by atoms with Crippen LogP contribution in [0.5, 0.6) is 0 Å². The van der Waals surface area contributed by atoms with Crippen molar-refractivity contribution in [1.29, 1.82) is 0 Å². The number of carbonyl (C=O) groups is 1. The van der Waals surface area contributed by atoms with Crippen LogP contribution in [0.2, 0.25) is 0 Å². The van der Waals surface area contributed by atoms with Gasteiger partial charge in [0.1, 0.15) is 5.82 Å². The van der Waals surface area contributed by atoms with Gasteiger partial charge in [-0.2, -0.15) is 0 Å². The highest BCUT2D eigenvalue weighted by molar-refractivity contribution is 7.13. The van der Waals surface area contributed by atoms with Gasteiger partial charge in [0.15, 0.2) is 0 Å². The molecule has 0 spiro atoms. The molecule has 0 N–H and O–H groups in total. The van der Waals surface area contributed by atoms with Crippen LogP contribution in [-0.4, -0.2) is 38.4 Å². The lowest BCUT2D eigenvalue weighted by Crippen LogP contribution is -2.39. The molecular weight excluding hydrogens is 352 g/mol. The molecule has 0 unspecified atom stereocenters. The number of hydrogen-bond acceptors (Lipinski definition) is 5. The summed E-state index contributed by atoms with van der Waals surface area (Å²) in [5.74, 6) is 1.50. The van der Waals surface area contributed by atoms with E-state index in [-0.39, 0.29) is 11.8 Å². The second kappa shape index (κ2) is 7.09. The molecule has 0 aromatic carbocycles. The van der Waals surface area contributed by atoms with Gasteiger partial charge >= 0.3 is 0 Å². The maximum atomic E-state index is 12.8. The molecule has 1 aliphatic heterocycles. The van der Waals surface area contributed by atoms with E-state index in [4.69, 9.17) is 0 Å². The van der Waals surface area contributed by atoms with Crippen molar-refractivity contribution in [2.45, 2.75) is 32.2 Å². The Morgan fingerprint density at radius 3 is 3.04 bits per heavy atom. The molecular formula is C18H20N4OS2. The summed E-state index contributed by atoms with van der Waals surface area (Å²) in [6.45, 7) is 4.35. The highest BCUT2D eigenvalue weighted by Crippen LogP contribution is 2.28. The molecule has 0 saturated carbocycles. The summed E-state index contributed by atoms with van der Waals surface area (Å²) in [5, 5.41) is 2.07. The molecule has 3 aromatic rings. The summed E-state index contributed by atoms with van der Waals surface area (Å²) in [6, 6.07) is 3.95.